The van der Waals surface area contributed by atoms with Crippen LogP contribution in [-0.4, -0.2) is 38.1 Å². The molecule has 0 radical (unpaired) electrons. The summed E-state index contributed by atoms with van der Waals surface area (Å²) in [5.74, 6) is -0.132. The van der Waals surface area contributed by atoms with Crippen LogP contribution in [0.1, 0.15) is 24.8 Å². The predicted octanol–water partition coefficient (Wildman–Crippen LogP) is 3.64. The van der Waals surface area contributed by atoms with Gasteiger partial charge in [0, 0.05) is 24.5 Å². The quantitative estimate of drug-likeness (QED) is 0.761. The molecule has 0 aromatic heterocycles. The molecule has 0 saturated heterocycles. The summed E-state index contributed by atoms with van der Waals surface area (Å²) in [5, 5.41) is 0.690. The van der Waals surface area contributed by atoms with Gasteiger partial charge in [-0.2, -0.15) is 0 Å². The fourth-order valence-corrected chi connectivity index (χ4v) is 3.15. The van der Waals surface area contributed by atoms with Gasteiger partial charge >= 0.3 is 0 Å². The lowest BCUT2D eigenvalue weighted by molar-refractivity contribution is 0.0682. The fraction of sp³-hybridized carbons (Fsp3) is 0.600. The van der Waals surface area contributed by atoms with Crippen LogP contribution in [0.5, 0.6) is 0 Å². The highest BCUT2D eigenvalue weighted by atomic mass is 79.9. The van der Waals surface area contributed by atoms with Crippen LogP contribution in [0, 0.1) is 5.82 Å². The van der Waals surface area contributed by atoms with E-state index in [-0.39, 0.29) is 11.4 Å². The van der Waals surface area contributed by atoms with Crippen molar-refractivity contribution in [3.8, 4) is 0 Å². The first-order chi connectivity index (χ1) is 8.98. The molecule has 0 atom stereocenters. The largest absolute Gasteiger partial charge is 0.370 e. The molecule has 0 unspecified atom stereocenters. The van der Waals surface area contributed by atoms with Crippen molar-refractivity contribution in [2.24, 2.45) is 0 Å². The monoisotopic (exact) mass is 328 g/mol. The Bertz CT molecular complexity index is 444. The van der Waals surface area contributed by atoms with E-state index in [1.54, 1.807) is 6.07 Å². The van der Waals surface area contributed by atoms with Gasteiger partial charge in [0.05, 0.1) is 5.69 Å². The minimum absolute atomic E-state index is 0.132. The second-order valence-corrected chi connectivity index (χ2v) is 6.31. The van der Waals surface area contributed by atoms with Crippen LogP contribution in [-0.2, 0) is 5.33 Å². The van der Waals surface area contributed by atoms with Crippen molar-refractivity contribution >= 4 is 21.6 Å². The average Bonchev–Trinajstić information content (AvgIpc) is 2.32. The van der Waals surface area contributed by atoms with Gasteiger partial charge in [-0.15, -0.1) is 0 Å². The minimum atomic E-state index is -0.132. The fourth-order valence-electron chi connectivity index (χ4n) is 2.80. The molecule has 0 bridgehead atoms. The number of hydrogen-bond acceptors (Lipinski definition) is 2. The van der Waals surface area contributed by atoms with Crippen LogP contribution in [0.2, 0.25) is 0 Å². The number of rotatable bonds is 5. The van der Waals surface area contributed by atoms with E-state index in [9.17, 15) is 4.39 Å². The zero-order chi connectivity index (χ0) is 14.0. The molecule has 2 nitrogen and oxygen atoms in total. The van der Waals surface area contributed by atoms with Crippen LogP contribution in [0.25, 0.3) is 0 Å². The third kappa shape index (κ3) is 2.95. The lowest BCUT2D eigenvalue weighted by atomic mass is 9.75. The van der Waals surface area contributed by atoms with Gasteiger partial charge in [0.15, 0.2) is 0 Å². The standard InChI is InChI=1S/C15H22BrFN2/c1-18(2)15(7-4-8-15)11-19(3)14-6-5-12(10-16)9-13(14)17/h5-6,9H,4,7-8,10-11H2,1-3H3. The number of nitrogens with zero attached hydrogens (tertiary/aromatic N) is 2. The average molecular weight is 329 g/mol. The highest BCUT2D eigenvalue weighted by molar-refractivity contribution is 9.08. The van der Waals surface area contributed by atoms with E-state index in [1.807, 2.05) is 24.1 Å². The van der Waals surface area contributed by atoms with E-state index in [4.69, 9.17) is 0 Å². The first kappa shape index (κ1) is 14.8. The molecule has 0 N–H and O–H groups in total. The summed E-state index contributed by atoms with van der Waals surface area (Å²) in [5.41, 5.74) is 1.88. The Kier molecular flexibility index (Phi) is 4.51. The predicted molar refractivity (Wildman–Crippen MR) is 82.6 cm³/mol. The first-order valence-electron chi connectivity index (χ1n) is 6.71. The summed E-state index contributed by atoms with van der Waals surface area (Å²) in [7, 11) is 6.23. The molecule has 106 valence electrons. The van der Waals surface area contributed by atoms with E-state index in [1.165, 1.54) is 19.3 Å². The highest BCUT2D eigenvalue weighted by Gasteiger charge is 2.40. The molecule has 4 heteroatoms. The zero-order valence-electron chi connectivity index (χ0n) is 11.9. The van der Waals surface area contributed by atoms with Crippen molar-refractivity contribution < 1.29 is 4.39 Å². The lowest BCUT2D eigenvalue weighted by Gasteiger charge is -2.49. The van der Waals surface area contributed by atoms with Gasteiger partial charge in [0.2, 0.25) is 0 Å². The first-order valence-corrected chi connectivity index (χ1v) is 7.84. The number of alkyl halides is 1. The Morgan fingerprint density at radius 3 is 2.37 bits per heavy atom. The number of likely N-dealkylation sites (N-methyl/N-ethyl adjacent to an activating group) is 2. The van der Waals surface area contributed by atoms with E-state index in [0.717, 1.165) is 12.1 Å². The summed E-state index contributed by atoms with van der Waals surface area (Å²) < 4.78 is 14.1. The van der Waals surface area contributed by atoms with Gasteiger partial charge in [-0.3, -0.25) is 0 Å². The van der Waals surface area contributed by atoms with Crippen molar-refractivity contribution in [1.82, 2.24) is 4.90 Å². The number of hydrogen-bond donors (Lipinski definition) is 0. The van der Waals surface area contributed by atoms with Gasteiger partial charge in [-0.1, -0.05) is 22.0 Å². The van der Waals surface area contributed by atoms with Gasteiger partial charge in [-0.25, -0.2) is 4.39 Å². The Hall–Kier alpha value is -0.610. The zero-order valence-corrected chi connectivity index (χ0v) is 13.5. The Balaban J connectivity index is 2.13. The van der Waals surface area contributed by atoms with Crippen LogP contribution >= 0.6 is 15.9 Å². The van der Waals surface area contributed by atoms with Gasteiger partial charge < -0.3 is 9.80 Å². The van der Waals surface area contributed by atoms with E-state index in [0.29, 0.717) is 11.0 Å². The maximum atomic E-state index is 14.1. The Morgan fingerprint density at radius 1 is 1.26 bits per heavy atom. The maximum absolute atomic E-state index is 14.1. The molecule has 1 aromatic rings. The van der Waals surface area contributed by atoms with Crippen LogP contribution in [0.15, 0.2) is 18.2 Å². The van der Waals surface area contributed by atoms with Crippen molar-refractivity contribution in [1.29, 1.82) is 0 Å². The summed E-state index contributed by atoms with van der Waals surface area (Å²) in [6.07, 6.45) is 3.67. The van der Waals surface area contributed by atoms with Gasteiger partial charge in [0.1, 0.15) is 5.82 Å². The molecule has 1 aliphatic carbocycles. The lowest BCUT2D eigenvalue weighted by Crippen LogP contribution is -2.56. The minimum Gasteiger partial charge on any atom is -0.370 e. The van der Waals surface area contributed by atoms with Crippen molar-refractivity contribution in [3.63, 3.8) is 0 Å². The molecular weight excluding hydrogens is 307 g/mol. The summed E-state index contributed by atoms with van der Waals surface area (Å²) >= 11 is 3.35. The Labute approximate surface area is 123 Å². The van der Waals surface area contributed by atoms with E-state index >= 15 is 0 Å². The molecule has 0 spiro atoms. The SMILES string of the molecule is CN(CC1(N(C)C)CCC1)c1ccc(CBr)cc1F. The van der Waals surface area contributed by atoms with Crippen LogP contribution in [0.3, 0.4) is 0 Å². The van der Waals surface area contributed by atoms with Crippen LogP contribution < -0.4 is 4.90 Å². The smallest absolute Gasteiger partial charge is 0.146 e. The molecule has 1 aliphatic rings. The number of benzene rings is 1. The highest BCUT2D eigenvalue weighted by Crippen LogP contribution is 2.37. The maximum Gasteiger partial charge on any atom is 0.146 e. The molecule has 0 aliphatic heterocycles. The molecule has 19 heavy (non-hydrogen) atoms. The second kappa shape index (κ2) is 5.80. The normalized spacial score (nSPS) is 17.4. The molecule has 0 amide bonds. The van der Waals surface area contributed by atoms with Crippen LogP contribution in [0.4, 0.5) is 10.1 Å². The van der Waals surface area contributed by atoms with E-state index in [2.05, 4.69) is 34.9 Å². The third-order valence-electron chi connectivity index (χ3n) is 4.34. The Morgan fingerprint density at radius 2 is 1.95 bits per heavy atom. The number of halogens is 2. The summed E-state index contributed by atoms with van der Waals surface area (Å²) in [6, 6.07) is 5.48. The molecular formula is C15H22BrFN2. The van der Waals surface area contributed by atoms with Crippen molar-refractivity contribution in [3.05, 3.63) is 29.6 Å². The molecule has 1 fully saturated rings. The number of anilines is 1. The topological polar surface area (TPSA) is 6.48 Å². The summed E-state index contributed by atoms with van der Waals surface area (Å²) in [6.45, 7) is 0.880. The van der Waals surface area contributed by atoms with Crippen molar-refractivity contribution in [2.45, 2.75) is 30.1 Å². The molecule has 1 aromatic carbocycles. The van der Waals surface area contributed by atoms with Gasteiger partial charge in [-0.05, 0) is 51.1 Å². The van der Waals surface area contributed by atoms with Crippen molar-refractivity contribution in [2.75, 3.05) is 32.6 Å². The molecule has 1 saturated carbocycles. The second-order valence-electron chi connectivity index (χ2n) is 5.75. The third-order valence-corrected chi connectivity index (χ3v) is 4.99. The molecule has 2 rings (SSSR count). The van der Waals surface area contributed by atoms with E-state index < -0.39 is 0 Å². The van der Waals surface area contributed by atoms with Gasteiger partial charge in [0.25, 0.3) is 0 Å². The molecule has 0 heterocycles. The summed E-state index contributed by atoms with van der Waals surface area (Å²) in [4.78, 5) is 4.34.